The van der Waals surface area contributed by atoms with Gasteiger partial charge in [-0.05, 0) is 70.4 Å². The number of benzene rings is 2. The molecule has 7 nitrogen and oxygen atoms in total. The van der Waals surface area contributed by atoms with E-state index in [1.165, 1.54) is 7.11 Å². The summed E-state index contributed by atoms with van der Waals surface area (Å²) in [5.41, 5.74) is 2.06. The van der Waals surface area contributed by atoms with E-state index in [1.807, 2.05) is 13.0 Å². The summed E-state index contributed by atoms with van der Waals surface area (Å²) in [6.07, 6.45) is 0. The number of methoxy groups -OCH3 is 2. The van der Waals surface area contributed by atoms with E-state index < -0.39 is 18.0 Å². The summed E-state index contributed by atoms with van der Waals surface area (Å²) in [5, 5.41) is 5.54. The molecule has 0 aliphatic carbocycles. The number of nitrogens with one attached hydrogen (secondary N) is 2. The summed E-state index contributed by atoms with van der Waals surface area (Å²) in [7, 11) is 2.88. The fourth-order valence-corrected chi connectivity index (χ4v) is 3.61. The van der Waals surface area contributed by atoms with Crippen molar-refractivity contribution in [3.05, 3.63) is 63.6 Å². The Labute approximate surface area is 177 Å². The van der Waals surface area contributed by atoms with Crippen molar-refractivity contribution in [1.82, 2.24) is 10.6 Å². The van der Waals surface area contributed by atoms with E-state index in [-0.39, 0.29) is 0 Å². The molecule has 2 amide bonds. The quantitative estimate of drug-likeness (QED) is 0.640. The highest BCUT2D eigenvalue weighted by molar-refractivity contribution is 9.10. The molecule has 2 N–H and O–H groups in total. The average molecular weight is 461 g/mol. The smallest absolute Gasteiger partial charge is 0.338 e. The predicted octanol–water partition coefficient (Wildman–Crippen LogP) is 3.79. The number of ether oxygens (including phenoxy) is 3. The Balaban J connectivity index is 2.12. The molecule has 3 rings (SSSR count). The lowest BCUT2D eigenvalue weighted by atomic mass is 9.92. The molecule has 1 aliphatic heterocycles. The van der Waals surface area contributed by atoms with Crippen LogP contribution in [0.4, 0.5) is 4.79 Å². The number of carbonyl (C=O) groups excluding carboxylic acids is 2. The van der Waals surface area contributed by atoms with Crippen molar-refractivity contribution in [2.24, 2.45) is 0 Å². The third-order valence-corrected chi connectivity index (χ3v) is 5.06. The zero-order chi connectivity index (χ0) is 21.0. The molecular weight excluding hydrogens is 440 g/mol. The van der Waals surface area contributed by atoms with Gasteiger partial charge in [-0.15, -0.1) is 0 Å². The van der Waals surface area contributed by atoms with Gasteiger partial charge in [0.05, 0.1) is 42.6 Å². The second-order valence-corrected chi connectivity index (χ2v) is 7.02. The van der Waals surface area contributed by atoms with Crippen LogP contribution < -0.4 is 20.1 Å². The summed E-state index contributed by atoms with van der Waals surface area (Å²) in [5.74, 6) is 0.801. The van der Waals surface area contributed by atoms with E-state index in [2.05, 4.69) is 26.6 Å². The maximum absolute atomic E-state index is 12.7. The summed E-state index contributed by atoms with van der Waals surface area (Å²) < 4.78 is 16.5. The maximum atomic E-state index is 12.7. The van der Waals surface area contributed by atoms with Crippen molar-refractivity contribution in [1.29, 1.82) is 0 Å². The predicted molar refractivity (Wildman–Crippen MR) is 112 cm³/mol. The van der Waals surface area contributed by atoms with Gasteiger partial charge in [-0.25, -0.2) is 9.59 Å². The van der Waals surface area contributed by atoms with Gasteiger partial charge in [0, 0.05) is 0 Å². The molecule has 152 valence electrons. The van der Waals surface area contributed by atoms with E-state index in [0.717, 1.165) is 4.47 Å². The van der Waals surface area contributed by atoms with Crippen LogP contribution in [0.3, 0.4) is 0 Å². The molecule has 8 heteroatoms. The monoisotopic (exact) mass is 460 g/mol. The fourth-order valence-electron chi connectivity index (χ4n) is 3.10. The third kappa shape index (κ3) is 4.37. The summed E-state index contributed by atoms with van der Waals surface area (Å²) in [6.45, 7) is 2.42. The van der Waals surface area contributed by atoms with Crippen LogP contribution in [0.15, 0.2) is 52.5 Å². The standard InChI is InChI=1S/C21H21BrN2O5/c1-4-29-16-10-7-13(11-15(16)22)19-17(20(25)28-3)18(23-21(26)24-19)12-5-8-14(27-2)9-6-12/h5-11,19H,4H2,1-3H3,(H2,23,24,26). The molecule has 0 bridgehead atoms. The molecule has 2 aromatic rings. The molecule has 0 spiro atoms. The number of esters is 1. The van der Waals surface area contributed by atoms with Crippen LogP contribution in [-0.2, 0) is 9.53 Å². The second kappa shape index (κ2) is 9.00. The maximum Gasteiger partial charge on any atom is 0.338 e. The van der Waals surface area contributed by atoms with E-state index >= 15 is 0 Å². The van der Waals surface area contributed by atoms with Crippen LogP contribution in [0, 0.1) is 0 Å². The van der Waals surface area contributed by atoms with Crippen LogP contribution in [0.5, 0.6) is 11.5 Å². The number of hydrogen-bond donors (Lipinski definition) is 2. The number of amides is 2. The first kappa shape index (κ1) is 20.7. The van der Waals surface area contributed by atoms with Crippen molar-refractivity contribution < 1.29 is 23.8 Å². The van der Waals surface area contributed by atoms with E-state index in [0.29, 0.717) is 40.5 Å². The summed E-state index contributed by atoms with van der Waals surface area (Å²) >= 11 is 3.48. The van der Waals surface area contributed by atoms with Crippen LogP contribution in [0.1, 0.15) is 24.1 Å². The topological polar surface area (TPSA) is 85.9 Å². The Morgan fingerprint density at radius 3 is 2.45 bits per heavy atom. The molecule has 0 aromatic heterocycles. The molecule has 1 heterocycles. The fraction of sp³-hybridized carbons (Fsp3) is 0.238. The van der Waals surface area contributed by atoms with Gasteiger partial charge in [-0.3, -0.25) is 0 Å². The van der Waals surface area contributed by atoms with E-state index in [1.54, 1.807) is 43.5 Å². The van der Waals surface area contributed by atoms with Gasteiger partial charge in [0.1, 0.15) is 11.5 Å². The minimum Gasteiger partial charge on any atom is -0.497 e. The van der Waals surface area contributed by atoms with Crippen molar-refractivity contribution >= 4 is 33.6 Å². The Hall–Kier alpha value is -3.00. The minimum atomic E-state index is -0.694. The first-order chi connectivity index (χ1) is 14.0. The van der Waals surface area contributed by atoms with E-state index in [4.69, 9.17) is 14.2 Å². The normalized spacial score (nSPS) is 16.0. The second-order valence-electron chi connectivity index (χ2n) is 6.16. The van der Waals surface area contributed by atoms with Gasteiger partial charge in [-0.1, -0.05) is 6.07 Å². The SMILES string of the molecule is CCOc1ccc(C2NC(=O)NC(c3ccc(OC)cc3)=C2C(=O)OC)cc1Br. The molecule has 1 aliphatic rings. The van der Waals surface area contributed by atoms with Crippen molar-refractivity contribution in [2.75, 3.05) is 20.8 Å². The third-order valence-electron chi connectivity index (χ3n) is 4.45. The molecular formula is C21H21BrN2O5. The van der Waals surface area contributed by atoms with Gasteiger partial charge in [0.25, 0.3) is 0 Å². The Kier molecular flexibility index (Phi) is 6.43. The van der Waals surface area contributed by atoms with Crippen LogP contribution >= 0.6 is 15.9 Å². The van der Waals surface area contributed by atoms with Gasteiger partial charge in [-0.2, -0.15) is 0 Å². The van der Waals surface area contributed by atoms with Crippen LogP contribution in [-0.4, -0.2) is 32.8 Å². The van der Waals surface area contributed by atoms with Crippen LogP contribution in [0.25, 0.3) is 5.70 Å². The lowest BCUT2D eigenvalue weighted by Gasteiger charge is -2.29. The largest absolute Gasteiger partial charge is 0.497 e. The van der Waals surface area contributed by atoms with Gasteiger partial charge in [0.2, 0.25) is 0 Å². The van der Waals surface area contributed by atoms with Crippen molar-refractivity contribution in [2.45, 2.75) is 13.0 Å². The van der Waals surface area contributed by atoms with E-state index in [9.17, 15) is 9.59 Å². The van der Waals surface area contributed by atoms with Gasteiger partial charge in [0.15, 0.2) is 0 Å². The molecule has 1 unspecified atom stereocenters. The molecule has 0 saturated carbocycles. The molecule has 0 saturated heterocycles. The number of urea groups is 1. The summed E-state index contributed by atoms with van der Waals surface area (Å²) in [4.78, 5) is 25.1. The Morgan fingerprint density at radius 2 is 1.86 bits per heavy atom. The van der Waals surface area contributed by atoms with Gasteiger partial charge < -0.3 is 24.8 Å². The van der Waals surface area contributed by atoms with Crippen molar-refractivity contribution in [3.63, 3.8) is 0 Å². The molecule has 0 radical (unpaired) electrons. The zero-order valence-electron chi connectivity index (χ0n) is 16.2. The Bertz CT molecular complexity index is 956. The lowest BCUT2D eigenvalue weighted by molar-refractivity contribution is -0.136. The number of hydrogen-bond acceptors (Lipinski definition) is 5. The first-order valence-electron chi connectivity index (χ1n) is 8.95. The first-order valence-corrected chi connectivity index (χ1v) is 9.74. The number of carbonyl (C=O) groups is 2. The minimum absolute atomic E-state index is 0.299. The molecule has 1 atom stereocenters. The summed E-state index contributed by atoms with van der Waals surface area (Å²) in [6, 6.07) is 11.4. The van der Waals surface area contributed by atoms with Crippen molar-refractivity contribution in [3.8, 4) is 11.5 Å². The Morgan fingerprint density at radius 1 is 1.14 bits per heavy atom. The van der Waals surface area contributed by atoms with Crippen LogP contribution in [0.2, 0.25) is 0 Å². The number of rotatable bonds is 6. The zero-order valence-corrected chi connectivity index (χ0v) is 17.8. The highest BCUT2D eigenvalue weighted by Crippen LogP contribution is 2.35. The molecule has 2 aromatic carbocycles. The highest BCUT2D eigenvalue weighted by Gasteiger charge is 2.34. The number of halogens is 1. The molecule has 0 fully saturated rings. The van der Waals surface area contributed by atoms with Gasteiger partial charge >= 0.3 is 12.0 Å². The lowest BCUT2D eigenvalue weighted by Crippen LogP contribution is -2.45. The molecule has 29 heavy (non-hydrogen) atoms. The highest BCUT2D eigenvalue weighted by atomic mass is 79.9. The average Bonchev–Trinajstić information content (AvgIpc) is 2.74.